The number of fused-ring (bicyclic) bond motifs is 3. The second-order valence-corrected chi connectivity index (χ2v) is 13.2. The molecular weight excluding hydrogens is 510 g/mol. The molecule has 1 amide bonds. The van der Waals surface area contributed by atoms with Crippen molar-refractivity contribution in [2.45, 2.75) is 79.2 Å². The number of nitrogens with two attached hydrogens (primary N) is 1. The molecule has 0 saturated heterocycles. The Balaban J connectivity index is 1.87. The molecular formula is C32H43NO7. The van der Waals surface area contributed by atoms with Gasteiger partial charge in [0.05, 0.1) is 5.56 Å². The molecule has 4 atom stereocenters. The van der Waals surface area contributed by atoms with E-state index in [0.717, 1.165) is 30.4 Å². The number of amides is 1. The maximum Gasteiger partial charge on any atom is 0.255 e. The largest absolute Gasteiger partial charge is 0.508 e. The lowest BCUT2D eigenvalue weighted by molar-refractivity contribution is -0.155. The third-order valence-corrected chi connectivity index (χ3v) is 9.07. The van der Waals surface area contributed by atoms with Crippen molar-refractivity contribution in [3.05, 3.63) is 45.7 Å². The summed E-state index contributed by atoms with van der Waals surface area (Å²) in [5.74, 6) is -5.95. The van der Waals surface area contributed by atoms with Gasteiger partial charge in [0, 0.05) is 17.4 Å². The van der Waals surface area contributed by atoms with Gasteiger partial charge in [-0.15, -0.1) is 0 Å². The van der Waals surface area contributed by atoms with Crippen LogP contribution < -0.4 is 5.73 Å². The molecule has 0 aromatic heterocycles. The molecule has 1 aromatic carbocycles. The van der Waals surface area contributed by atoms with Crippen LogP contribution >= 0.6 is 0 Å². The molecule has 0 spiro atoms. The smallest absolute Gasteiger partial charge is 0.255 e. The van der Waals surface area contributed by atoms with Gasteiger partial charge in [-0.05, 0) is 78.9 Å². The van der Waals surface area contributed by atoms with E-state index in [0.29, 0.717) is 24.2 Å². The molecule has 1 aromatic rings. The van der Waals surface area contributed by atoms with Crippen LogP contribution in [0.3, 0.4) is 0 Å². The van der Waals surface area contributed by atoms with Crippen molar-refractivity contribution in [2.75, 3.05) is 0 Å². The summed E-state index contributed by atoms with van der Waals surface area (Å²) in [6, 6.07) is 3.41. The Labute approximate surface area is 236 Å². The van der Waals surface area contributed by atoms with Crippen molar-refractivity contribution in [2.24, 2.45) is 47.2 Å². The highest BCUT2D eigenvalue weighted by molar-refractivity contribution is 6.23. The predicted molar refractivity (Wildman–Crippen MR) is 151 cm³/mol. The van der Waals surface area contributed by atoms with E-state index in [9.17, 15) is 34.8 Å². The van der Waals surface area contributed by atoms with Crippen LogP contribution in [0, 0.1) is 41.4 Å². The lowest BCUT2D eigenvalue weighted by Gasteiger charge is -2.50. The molecule has 1 fully saturated rings. The molecule has 4 rings (SSSR count). The van der Waals surface area contributed by atoms with Crippen LogP contribution in [0.25, 0.3) is 5.76 Å². The topological polar surface area (TPSA) is 158 Å². The first-order valence-electron chi connectivity index (χ1n) is 14.4. The number of benzene rings is 1. The number of Topliss-reactive ketones (excluding diaryl/α,β-unsaturated/α-hetero) is 2. The first kappa shape index (κ1) is 29.8. The molecule has 3 aliphatic carbocycles. The molecule has 0 radical (unpaired) electrons. The Morgan fingerprint density at radius 2 is 1.62 bits per heavy atom. The molecule has 0 bridgehead atoms. The predicted octanol–water partition coefficient (Wildman–Crippen LogP) is 4.56. The van der Waals surface area contributed by atoms with Gasteiger partial charge in [-0.3, -0.25) is 14.4 Å². The van der Waals surface area contributed by atoms with Gasteiger partial charge in [-0.25, -0.2) is 0 Å². The lowest BCUT2D eigenvalue weighted by atomic mass is 9.54. The maximum atomic E-state index is 14.0. The fourth-order valence-corrected chi connectivity index (χ4v) is 7.65. The highest BCUT2D eigenvalue weighted by Crippen LogP contribution is 2.55. The minimum Gasteiger partial charge on any atom is -0.508 e. The van der Waals surface area contributed by atoms with Crippen molar-refractivity contribution in [3.63, 3.8) is 0 Å². The standard InChI is InChI=1S/C32H43NO7/c1-14(2)9-17(10-15(3)4)11-18-7-8-22(34)25-20(18)12-19-13-21-23(16(5)6)27(35)26(31(33)39)30(38)32(21,40)29(37)24(19)28(25)36/h7-8,14-17,19,21,23,34,36,38,40H,9-13H2,1-6H3,(H2,33,39)/t19-,21-,23-,32-/m0/s1. The first-order valence-corrected chi connectivity index (χ1v) is 14.4. The summed E-state index contributed by atoms with van der Waals surface area (Å²) in [6.07, 6.45) is 3.28. The second-order valence-electron chi connectivity index (χ2n) is 13.2. The zero-order chi connectivity index (χ0) is 29.8. The summed E-state index contributed by atoms with van der Waals surface area (Å²) in [5.41, 5.74) is 3.87. The molecule has 6 N–H and O–H groups in total. The molecule has 40 heavy (non-hydrogen) atoms. The van der Waals surface area contributed by atoms with Crippen LogP contribution in [0.4, 0.5) is 0 Å². The normalized spacial score (nSPS) is 26.6. The van der Waals surface area contributed by atoms with E-state index < -0.39 is 57.9 Å². The van der Waals surface area contributed by atoms with Crippen molar-refractivity contribution in [1.29, 1.82) is 0 Å². The monoisotopic (exact) mass is 553 g/mol. The maximum absolute atomic E-state index is 14.0. The minimum atomic E-state index is -2.59. The number of aliphatic hydroxyl groups excluding tert-OH is 2. The fraction of sp³-hybridized carbons (Fsp3) is 0.594. The van der Waals surface area contributed by atoms with E-state index in [2.05, 4.69) is 27.7 Å². The van der Waals surface area contributed by atoms with Crippen molar-refractivity contribution < 1.29 is 34.8 Å². The third-order valence-electron chi connectivity index (χ3n) is 9.07. The first-order chi connectivity index (χ1) is 18.6. The Hall–Kier alpha value is -3.13. The summed E-state index contributed by atoms with van der Waals surface area (Å²) in [7, 11) is 0. The van der Waals surface area contributed by atoms with Crippen molar-refractivity contribution in [1.82, 2.24) is 0 Å². The van der Waals surface area contributed by atoms with Gasteiger partial charge in [0.2, 0.25) is 5.78 Å². The molecule has 1 saturated carbocycles. The van der Waals surface area contributed by atoms with E-state index >= 15 is 0 Å². The quantitative estimate of drug-likeness (QED) is 0.295. The van der Waals surface area contributed by atoms with Crippen LogP contribution in [0.5, 0.6) is 5.75 Å². The van der Waals surface area contributed by atoms with E-state index in [1.165, 1.54) is 6.07 Å². The summed E-state index contributed by atoms with van der Waals surface area (Å²) < 4.78 is 0. The highest BCUT2D eigenvalue weighted by atomic mass is 16.3. The Morgan fingerprint density at radius 1 is 1.02 bits per heavy atom. The number of hydrogen-bond donors (Lipinski definition) is 5. The number of phenolic OH excluding ortho intramolecular Hbond substituents is 1. The van der Waals surface area contributed by atoms with Crippen molar-refractivity contribution in [3.8, 4) is 5.75 Å². The van der Waals surface area contributed by atoms with E-state index in [-0.39, 0.29) is 29.2 Å². The van der Waals surface area contributed by atoms with Crippen LogP contribution in [0.2, 0.25) is 0 Å². The van der Waals surface area contributed by atoms with Gasteiger partial charge >= 0.3 is 0 Å². The van der Waals surface area contributed by atoms with E-state index in [1.54, 1.807) is 13.8 Å². The number of ketones is 2. The zero-order valence-corrected chi connectivity index (χ0v) is 24.3. The van der Waals surface area contributed by atoms with Gasteiger partial charge in [-0.2, -0.15) is 0 Å². The molecule has 3 aliphatic rings. The number of carbonyl (C=O) groups is 3. The SMILES string of the molecule is CC(C)CC(Cc1ccc(O)c2c1C[C@H]1C[C@H]3[C@H](C(C)C)C(=O)C(C(N)=O)=C(O)[C@@]3(O)C(=O)C1=C2O)CC(C)C. The summed E-state index contributed by atoms with van der Waals surface area (Å²) >= 11 is 0. The highest BCUT2D eigenvalue weighted by Gasteiger charge is 2.64. The fourth-order valence-electron chi connectivity index (χ4n) is 7.65. The molecule has 8 nitrogen and oxygen atoms in total. The van der Waals surface area contributed by atoms with Gasteiger partial charge in [-0.1, -0.05) is 47.6 Å². The van der Waals surface area contributed by atoms with Crippen LogP contribution in [0.15, 0.2) is 29.0 Å². The van der Waals surface area contributed by atoms with Crippen LogP contribution in [-0.4, -0.2) is 43.5 Å². The number of rotatable bonds is 8. The molecule has 0 aliphatic heterocycles. The van der Waals surface area contributed by atoms with E-state index in [4.69, 9.17) is 5.73 Å². The van der Waals surface area contributed by atoms with Crippen molar-refractivity contribution >= 4 is 23.2 Å². The average molecular weight is 554 g/mol. The number of aromatic hydroxyl groups is 1. The molecule has 0 unspecified atom stereocenters. The second kappa shape index (κ2) is 10.7. The Morgan fingerprint density at radius 3 is 2.15 bits per heavy atom. The summed E-state index contributed by atoms with van der Waals surface area (Å²) in [4.78, 5) is 39.5. The zero-order valence-electron chi connectivity index (χ0n) is 24.3. The van der Waals surface area contributed by atoms with E-state index in [1.807, 2.05) is 6.07 Å². The molecule has 218 valence electrons. The number of aliphatic hydroxyl groups is 3. The summed E-state index contributed by atoms with van der Waals surface area (Å²) in [5, 5.41) is 45.1. The average Bonchev–Trinajstić information content (AvgIpc) is 2.81. The summed E-state index contributed by atoms with van der Waals surface area (Å²) in [6.45, 7) is 12.3. The number of hydrogen-bond acceptors (Lipinski definition) is 7. The lowest BCUT2D eigenvalue weighted by Crippen LogP contribution is -2.62. The van der Waals surface area contributed by atoms with Gasteiger partial charge in [0.1, 0.15) is 22.8 Å². The third kappa shape index (κ3) is 4.74. The van der Waals surface area contributed by atoms with Gasteiger partial charge in [0.25, 0.3) is 5.91 Å². The molecule has 0 heterocycles. The Bertz CT molecular complexity index is 1290. The van der Waals surface area contributed by atoms with Crippen LogP contribution in [-0.2, 0) is 27.2 Å². The number of primary amides is 1. The van der Waals surface area contributed by atoms with Gasteiger partial charge in [0.15, 0.2) is 11.4 Å². The Kier molecular flexibility index (Phi) is 7.98. The van der Waals surface area contributed by atoms with Gasteiger partial charge < -0.3 is 26.2 Å². The molecule has 8 heteroatoms. The minimum absolute atomic E-state index is 0.105. The number of carbonyl (C=O) groups excluding carboxylic acids is 3. The van der Waals surface area contributed by atoms with Crippen LogP contribution in [0.1, 0.15) is 77.5 Å². The number of phenols is 1.